The molecule has 4 atom stereocenters. The Hall–Kier alpha value is -1.18. The second-order valence-corrected chi connectivity index (χ2v) is 6.02. The molecule has 17 heavy (non-hydrogen) atoms. The van der Waals surface area contributed by atoms with Crippen molar-refractivity contribution in [2.75, 3.05) is 0 Å². The molecule has 0 aliphatic heterocycles. The van der Waals surface area contributed by atoms with E-state index in [-0.39, 0.29) is 23.4 Å². The molecule has 4 aliphatic carbocycles. The molecule has 88 valence electrons. The van der Waals surface area contributed by atoms with E-state index < -0.39 is 0 Å². The third-order valence-corrected chi connectivity index (χ3v) is 5.34. The summed E-state index contributed by atoms with van der Waals surface area (Å²) in [5, 5.41) is 0. The van der Waals surface area contributed by atoms with Crippen LogP contribution in [0.25, 0.3) is 0 Å². The summed E-state index contributed by atoms with van der Waals surface area (Å²) in [4.78, 5) is 23.8. The summed E-state index contributed by atoms with van der Waals surface area (Å²) >= 11 is 0. The van der Waals surface area contributed by atoms with Gasteiger partial charge in [0.2, 0.25) is 0 Å². The van der Waals surface area contributed by atoms with Crippen molar-refractivity contribution < 1.29 is 9.59 Å². The zero-order chi connectivity index (χ0) is 11.6. The van der Waals surface area contributed by atoms with Crippen molar-refractivity contribution in [3.05, 3.63) is 23.3 Å². The van der Waals surface area contributed by atoms with Crippen LogP contribution in [0.4, 0.5) is 0 Å². The SMILES string of the molecule is O=C1C=CC(=O)[C@@H]2CC3=C(C[C@H]12)[C@H]1CC[C@@H]3C1. The van der Waals surface area contributed by atoms with Crippen LogP contribution in [0.1, 0.15) is 32.1 Å². The topological polar surface area (TPSA) is 34.1 Å². The van der Waals surface area contributed by atoms with Crippen molar-refractivity contribution in [1.82, 2.24) is 0 Å². The number of ketones is 2. The summed E-state index contributed by atoms with van der Waals surface area (Å²) in [5.74, 6) is 1.83. The third kappa shape index (κ3) is 1.21. The maximum atomic E-state index is 11.9. The number of fused-ring (bicyclic) bond motifs is 5. The molecule has 2 nitrogen and oxygen atoms in total. The van der Waals surface area contributed by atoms with E-state index in [2.05, 4.69) is 0 Å². The van der Waals surface area contributed by atoms with Crippen LogP contribution in [-0.2, 0) is 9.59 Å². The summed E-state index contributed by atoms with van der Waals surface area (Å²) in [7, 11) is 0. The van der Waals surface area contributed by atoms with E-state index in [1.165, 1.54) is 31.4 Å². The minimum absolute atomic E-state index is 0.0226. The first-order chi connectivity index (χ1) is 8.24. The number of allylic oxidation sites excluding steroid dienone is 4. The number of hydrogen-bond acceptors (Lipinski definition) is 2. The fraction of sp³-hybridized carbons (Fsp3) is 0.600. The molecule has 0 saturated heterocycles. The van der Waals surface area contributed by atoms with Gasteiger partial charge in [-0.15, -0.1) is 0 Å². The Morgan fingerprint density at radius 1 is 0.824 bits per heavy atom. The highest BCUT2D eigenvalue weighted by Gasteiger charge is 2.47. The van der Waals surface area contributed by atoms with Gasteiger partial charge in [-0.05, 0) is 56.1 Å². The number of carbonyl (C=O) groups is 2. The highest BCUT2D eigenvalue weighted by molar-refractivity contribution is 6.07. The standard InChI is InChI=1S/C15H16O2/c16-14-3-4-15(17)13-7-11-9-2-1-8(5-9)10(11)6-12(13)14/h3-4,8-9,12-13H,1-2,5-7H2/t8-,9+,12-,13+. The highest BCUT2D eigenvalue weighted by Crippen LogP contribution is 2.56. The maximum Gasteiger partial charge on any atom is 0.159 e. The van der Waals surface area contributed by atoms with Crippen LogP contribution in [0.2, 0.25) is 0 Å². The van der Waals surface area contributed by atoms with Gasteiger partial charge < -0.3 is 0 Å². The molecule has 1 saturated carbocycles. The predicted octanol–water partition coefficient (Wildman–Crippen LogP) is 2.45. The van der Waals surface area contributed by atoms with Crippen LogP contribution in [0.3, 0.4) is 0 Å². The molecule has 4 aliphatic rings. The van der Waals surface area contributed by atoms with Gasteiger partial charge in [-0.2, -0.15) is 0 Å². The van der Waals surface area contributed by atoms with Crippen molar-refractivity contribution in [1.29, 1.82) is 0 Å². The van der Waals surface area contributed by atoms with E-state index in [0.717, 1.165) is 24.7 Å². The summed E-state index contributed by atoms with van der Waals surface area (Å²) in [6, 6.07) is 0. The van der Waals surface area contributed by atoms with Crippen molar-refractivity contribution >= 4 is 11.6 Å². The van der Waals surface area contributed by atoms with Gasteiger partial charge in [-0.3, -0.25) is 9.59 Å². The lowest BCUT2D eigenvalue weighted by Gasteiger charge is -2.35. The molecule has 0 heterocycles. The molecule has 0 aromatic heterocycles. The molecule has 0 amide bonds. The van der Waals surface area contributed by atoms with E-state index >= 15 is 0 Å². The van der Waals surface area contributed by atoms with Crippen LogP contribution in [-0.4, -0.2) is 11.6 Å². The quantitative estimate of drug-likeness (QED) is 0.597. The zero-order valence-electron chi connectivity index (χ0n) is 9.82. The molecular formula is C15H16O2. The number of hydrogen-bond donors (Lipinski definition) is 0. The molecular weight excluding hydrogens is 212 g/mol. The molecule has 0 unspecified atom stereocenters. The Bertz CT molecular complexity index is 441. The van der Waals surface area contributed by atoms with Gasteiger partial charge in [0.15, 0.2) is 11.6 Å². The second-order valence-electron chi connectivity index (χ2n) is 6.02. The molecule has 0 N–H and O–H groups in total. The van der Waals surface area contributed by atoms with Crippen LogP contribution in [0, 0.1) is 23.7 Å². The lowest BCUT2D eigenvalue weighted by atomic mass is 9.67. The Morgan fingerprint density at radius 3 is 1.76 bits per heavy atom. The van der Waals surface area contributed by atoms with Gasteiger partial charge >= 0.3 is 0 Å². The fourth-order valence-corrected chi connectivity index (χ4v) is 4.50. The first kappa shape index (κ1) is 9.81. The normalized spacial score (nSPS) is 43.1. The highest BCUT2D eigenvalue weighted by atomic mass is 16.1. The first-order valence-corrected chi connectivity index (χ1v) is 6.71. The Morgan fingerprint density at radius 2 is 1.29 bits per heavy atom. The van der Waals surface area contributed by atoms with Crippen molar-refractivity contribution in [2.45, 2.75) is 32.1 Å². The summed E-state index contributed by atoms with van der Waals surface area (Å²) < 4.78 is 0. The van der Waals surface area contributed by atoms with E-state index in [4.69, 9.17) is 0 Å². The van der Waals surface area contributed by atoms with Crippen molar-refractivity contribution in [3.63, 3.8) is 0 Å². The number of carbonyl (C=O) groups excluding carboxylic acids is 2. The summed E-state index contributed by atoms with van der Waals surface area (Å²) in [6.45, 7) is 0. The molecule has 2 bridgehead atoms. The van der Waals surface area contributed by atoms with Crippen molar-refractivity contribution in [3.8, 4) is 0 Å². The molecule has 1 fully saturated rings. The molecule has 0 aromatic rings. The Labute approximate surface area is 101 Å². The van der Waals surface area contributed by atoms with Gasteiger partial charge in [0.25, 0.3) is 0 Å². The molecule has 0 aromatic carbocycles. The fourth-order valence-electron chi connectivity index (χ4n) is 4.50. The van der Waals surface area contributed by atoms with Gasteiger partial charge in [0.05, 0.1) is 0 Å². The minimum atomic E-state index is -0.0226. The minimum Gasteiger partial charge on any atom is -0.295 e. The second kappa shape index (κ2) is 3.18. The van der Waals surface area contributed by atoms with Crippen LogP contribution >= 0.6 is 0 Å². The molecule has 2 heteroatoms. The van der Waals surface area contributed by atoms with Gasteiger partial charge in [-0.1, -0.05) is 11.1 Å². The summed E-state index contributed by atoms with van der Waals surface area (Å²) in [5.41, 5.74) is 3.14. The smallest absolute Gasteiger partial charge is 0.159 e. The largest absolute Gasteiger partial charge is 0.295 e. The third-order valence-electron chi connectivity index (χ3n) is 5.34. The zero-order valence-corrected chi connectivity index (χ0v) is 9.82. The van der Waals surface area contributed by atoms with Crippen LogP contribution in [0.15, 0.2) is 23.3 Å². The Kier molecular flexibility index (Phi) is 1.84. The van der Waals surface area contributed by atoms with E-state index in [1.54, 1.807) is 11.1 Å². The van der Waals surface area contributed by atoms with Gasteiger partial charge in [0, 0.05) is 11.8 Å². The van der Waals surface area contributed by atoms with Crippen molar-refractivity contribution in [2.24, 2.45) is 23.7 Å². The monoisotopic (exact) mass is 228 g/mol. The predicted molar refractivity (Wildman–Crippen MR) is 63.2 cm³/mol. The van der Waals surface area contributed by atoms with E-state index in [9.17, 15) is 9.59 Å². The lowest BCUT2D eigenvalue weighted by Crippen LogP contribution is -2.36. The van der Waals surface area contributed by atoms with Gasteiger partial charge in [0.1, 0.15) is 0 Å². The van der Waals surface area contributed by atoms with E-state index in [1.807, 2.05) is 0 Å². The van der Waals surface area contributed by atoms with Gasteiger partial charge in [-0.25, -0.2) is 0 Å². The van der Waals surface area contributed by atoms with Crippen LogP contribution in [0.5, 0.6) is 0 Å². The Balaban J connectivity index is 1.74. The summed E-state index contributed by atoms with van der Waals surface area (Å²) in [6.07, 6.45) is 8.72. The average molecular weight is 228 g/mol. The molecule has 0 spiro atoms. The first-order valence-electron chi connectivity index (χ1n) is 6.71. The van der Waals surface area contributed by atoms with E-state index in [0.29, 0.717) is 0 Å². The maximum absolute atomic E-state index is 11.9. The molecule has 0 radical (unpaired) electrons. The average Bonchev–Trinajstić information content (AvgIpc) is 2.94. The number of rotatable bonds is 0. The van der Waals surface area contributed by atoms with Crippen LogP contribution < -0.4 is 0 Å². The molecule has 4 rings (SSSR count). The lowest BCUT2D eigenvalue weighted by molar-refractivity contribution is -0.129.